The van der Waals surface area contributed by atoms with E-state index in [9.17, 15) is 4.79 Å². The normalized spacial score (nSPS) is 10.7. The van der Waals surface area contributed by atoms with Gasteiger partial charge in [-0.25, -0.2) is 4.98 Å². The number of nitrogens with zero attached hydrogens (tertiary/aromatic N) is 1. The molecule has 0 aliphatic heterocycles. The average molecular weight is 248 g/mol. The third-order valence-electron chi connectivity index (χ3n) is 2.76. The Balaban J connectivity index is 2.02. The van der Waals surface area contributed by atoms with Crippen LogP contribution in [0.1, 0.15) is 39.2 Å². The molecule has 5 nitrogen and oxygen atoms in total. The minimum atomic E-state index is -0.183. The molecule has 0 radical (unpaired) electrons. The number of carbonyl (C=O) groups is 1. The third kappa shape index (κ3) is 2.45. The highest BCUT2D eigenvalue weighted by molar-refractivity contribution is 5.95. The van der Waals surface area contributed by atoms with Gasteiger partial charge in [0, 0.05) is 0 Å². The van der Waals surface area contributed by atoms with E-state index in [1.807, 2.05) is 20.8 Å². The van der Waals surface area contributed by atoms with Gasteiger partial charge in [-0.15, -0.1) is 0 Å². The monoisotopic (exact) mass is 248 g/mol. The van der Waals surface area contributed by atoms with Crippen molar-refractivity contribution in [3.05, 3.63) is 40.5 Å². The summed E-state index contributed by atoms with van der Waals surface area (Å²) in [5.41, 5.74) is 1.39. The number of aryl methyl sites for hydroxylation is 4. The van der Waals surface area contributed by atoms with Gasteiger partial charge in [-0.3, -0.25) is 4.79 Å². The molecule has 0 saturated heterocycles. The topological polar surface area (TPSA) is 68.3 Å². The zero-order valence-electron chi connectivity index (χ0n) is 11.0. The summed E-state index contributed by atoms with van der Waals surface area (Å²) >= 11 is 0. The van der Waals surface area contributed by atoms with Crippen LogP contribution < -0.4 is 5.32 Å². The largest absolute Gasteiger partial charge is 0.466 e. The predicted molar refractivity (Wildman–Crippen MR) is 65.3 cm³/mol. The molecule has 1 N–H and O–H groups in total. The lowest BCUT2D eigenvalue weighted by molar-refractivity contribution is 0.0945. The van der Waals surface area contributed by atoms with Crippen molar-refractivity contribution in [1.29, 1.82) is 0 Å². The van der Waals surface area contributed by atoms with Crippen LogP contribution in [-0.2, 0) is 6.54 Å². The Morgan fingerprint density at radius 1 is 1.22 bits per heavy atom. The summed E-state index contributed by atoms with van der Waals surface area (Å²) in [6, 6.07) is 1.72. The molecule has 0 atom stereocenters. The number of hydrogen-bond acceptors (Lipinski definition) is 4. The van der Waals surface area contributed by atoms with Gasteiger partial charge in [0.1, 0.15) is 17.3 Å². The predicted octanol–water partition coefficient (Wildman–Crippen LogP) is 2.43. The summed E-state index contributed by atoms with van der Waals surface area (Å²) in [7, 11) is 0. The second kappa shape index (κ2) is 4.68. The Hall–Kier alpha value is -2.04. The van der Waals surface area contributed by atoms with Crippen LogP contribution in [-0.4, -0.2) is 10.9 Å². The van der Waals surface area contributed by atoms with Crippen molar-refractivity contribution >= 4 is 5.91 Å². The van der Waals surface area contributed by atoms with Crippen LogP contribution in [0.4, 0.5) is 0 Å². The number of aromatic nitrogens is 1. The second-order valence-corrected chi connectivity index (χ2v) is 4.26. The van der Waals surface area contributed by atoms with Crippen molar-refractivity contribution in [2.24, 2.45) is 0 Å². The minimum absolute atomic E-state index is 0.183. The van der Waals surface area contributed by atoms with Crippen LogP contribution in [0, 0.1) is 27.7 Å². The molecule has 0 fully saturated rings. The standard InChI is InChI=1S/C13H16N2O3/c1-7-5-11(10(4)17-7)13(16)14-6-12-15-8(2)9(3)18-12/h5H,6H2,1-4H3,(H,14,16). The Labute approximate surface area is 105 Å². The number of rotatable bonds is 3. The van der Waals surface area contributed by atoms with E-state index < -0.39 is 0 Å². The minimum Gasteiger partial charge on any atom is -0.466 e. The van der Waals surface area contributed by atoms with Gasteiger partial charge in [-0.05, 0) is 33.8 Å². The van der Waals surface area contributed by atoms with E-state index in [0.717, 1.165) is 17.2 Å². The van der Waals surface area contributed by atoms with E-state index in [1.54, 1.807) is 13.0 Å². The fourth-order valence-electron chi connectivity index (χ4n) is 1.72. The van der Waals surface area contributed by atoms with E-state index in [0.29, 0.717) is 17.2 Å². The fraction of sp³-hybridized carbons (Fsp3) is 0.385. The lowest BCUT2D eigenvalue weighted by atomic mass is 10.2. The Kier molecular flexibility index (Phi) is 3.23. The zero-order valence-corrected chi connectivity index (χ0v) is 11.0. The Morgan fingerprint density at radius 3 is 2.44 bits per heavy atom. The van der Waals surface area contributed by atoms with Gasteiger partial charge in [0.2, 0.25) is 5.89 Å². The first-order valence-electron chi connectivity index (χ1n) is 5.75. The number of hydrogen-bond donors (Lipinski definition) is 1. The van der Waals surface area contributed by atoms with Crippen LogP contribution in [0.2, 0.25) is 0 Å². The average Bonchev–Trinajstić information content (AvgIpc) is 2.79. The van der Waals surface area contributed by atoms with Gasteiger partial charge in [0.15, 0.2) is 0 Å². The lowest BCUT2D eigenvalue weighted by Crippen LogP contribution is -2.23. The SMILES string of the molecule is Cc1cc(C(=O)NCc2nc(C)c(C)o2)c(C)o1. The number of nitrogens with one attached hydrogen (secondary N) is 1. The molecular weight excluding hydrogens is 232 g/mol. The molecule has 2 heterocycles. The maximum atomic E-state index is 11.9. The van der Waals surface area contributed by atoms with E-state index in [4.69, 9.17) is 8.83 Å². The first-order chi connectivity index (χ1) is 8.47. The molecule has 0 aliphatic rings. The molecule has 2 aromatic rings. The molecule has 0 spiro atoms. The summed E-state index contributed by atoms with van der Waals surface area (Å²) in [6.45, 7) is 7.56. The second-order valence-electron chi connectivity index (χ2n) is 4.26. The molecule has 5 heteroatoms. The number of furan rings is 1. The lowest BCUT2D eigenvalue weighted by Gasteiger charge is -2.00. The van der Waals surface area contributed by atoms with Crippen LogP contribution in [0.5, 0.6) is 0 Å². The summed E-state index contributed by atoms with van der Waals surface area (Å²) < 4.78 is 10.7. The van der Waals surface area contributed by atoms with Gasteiger partial charge in [-0.2, -0.15) is 0 Å². The van der Waals surface area contributed by atoms with E-state index >= 15 is 0 Å². The highest BCUT2D eigenvalue weighted by atomic mass is 16.4. The Morgan fingerprint density at radius 2 is 1.94 bits per heavy atom. The molecule has 0 aromatic carbocycles. The van der Waals surface area contributed by atoms with E-state index in [2.05, 4.69) is 10.3 Å². The summed E-state index contributed by atoms with van der Waals surface area (Å²) in [6.07, 6.45) is 0. The van der Waals surface area contributed by atoms with Gasteiger partial charge in [0.25, 0.3) is 5.91 Å². The summed E-state index contributed by atoms with van der Waals surface area (Å²) in [5, 5.41) is 2.75. The molecule has 1 amide bonds. The molecular formula is C13H16N2O3. The van der Waals surface area contributed by atoms with E-state index in [1.165, 1.54) is 0 Å². The van der Waals surface area contributed by atoms with Crippen LogP contribution >= 0.6 is 0 Å². The van der Waals surface area contributed by atoms with Gasteiger partial charge >= 0.3 is 0 Å². The van der Waals surface area contributed by atoms with Crippen LogP contribution in [0.3, 0.4) is 0 Å². The van der Waals surface area contributed by atoms with Crippen LogP contribution in [0.25, 0.3) is 0 Å². The van der Waals surface area contributed by atoms with Crippen LogP contribution in [0.15, 0.2) is 14.9 Å². The smallest absolute Gasteiger partial charge is 0.255 e. The maximum Gasteiger partial charge on any atom is 0.255 e. The van der Waals surface area contributed by atoms with Gasteiger partial charge < -0.3 is 14.2 Å². The van der Waals surface area contributed by atoms with Crippen molar-refractivity contribution in [1.82, 2.24) is 10.3 Å². The summed E-state index contributed by atoms with van der Waals surface area (Å²) in [4.78, 5) is 16.1. The molecule has 0 unspecified atom stereocenters. The number of amides is 1. The Bertz CT molecular complexity index is 562. The third-order valence-corrected chi connectivity index (χ3v) is 2.76. The first-order valence-corrected chi connectivity index (χ1v) is 5.75. The maximum absolute atomic E-state index is 11.9. The van der Waals surface area contributed by atoms with Crippen molar-refractivity contribution in [3.8, 4) is 0 Å². The highest BCUT2D eigenvalue weighted by Crippen LogP contribution is 2.14. The number of oxazole rings is 1. The van der Waals surface area contributed by atoms with Crippen molar-refractivity contribution in [2.45, 2.75) is 34.2 Å². The molecule has 2 aromatic heterocycles. The van der Waals surface area contributed by atoms with Gasteiger partial charge in [0.05, 0.1) is 17.8 Å². The molecule has 0 aliphatic carbocycles. The fourth-order valence-corrected chi connectivity index (χ4v) is 1.72. The van der Waals surface area contributed by atoms with Crippen molar-refractivity contribution in [2.75, 3.05) is 0 Å². The molecule has 2 rings (SSSR count). The quantitative estimate of drug-likeness (QED) is 0.905. The molecule has 0 saturated carbocycles. The van der Waals surface area contributed by atoms with Crippen molar-refractivity contribution in [3.63, 3.8) is 0 Å². The van der Waals surface area contributed by atoms with E-state index in [-0.39, 0.29) is 12.5 Å². The number of carbonyl (C=O) groups excluding carboxylic acids is 1. The summed E-state index contributed by atoms with van der Waals surface area (Å²) in [5.74, 6) is 2.44. The highest BCUT2D eigenvalue weighted by Gasteiger charge is 2.14. The molecule has 0 bridgehead atoms. The molecule has 96 valence electrons. The van der Waals surface area contributed by atoms with Crippen molar-refractivity contribution < 1.29 is 13.6 Å². The zero-order chi connectivity index (χ0) is 13.3. The molecule has 18 heavy (non-hydrogen) atoms. The van der Waals surface area contributed by atoms with Gasteiger partial charge in [-0.1, -0.05) is 0 Å². The first kappa shape index (κ1) is 12.4.